The third kappa shape index (κ3) is 5.03. The van der Waals surface area contributed by atoms with Crippen LogP contribution in [0.1, 0.15) is 18.4 Å². The van der Waals surface area contributed by atoms with Crippen LogP contribution in [0.5, 0.6) is 0 Å². The maximum absolute atomic E-state index is 13.6. The first-order chi connectivity index (χ1) is 16.9. The van der Waals surface area contributed by atoms with E-state index >= 15 is 0 Å². The van der Waals surface area contributed by atoms with E-state index in [4.69, 9.17) is 38.9 Å². The molecule has 0 spiro atoms. The van der Waals surface area contributed by atoms with Gasteiger partial charge in [0.05, 0.1) is 21.8 Å². The number of piperidine rings is 1. The molecule has 2 aromatic heterocycles. The minimum atomic E-state index is -0.901. The van der Waals surface area contributed by atoms with Gasteiger partial charge in [0.2, 0.25) is 5.95 Å². The Kier molecular flexibility index (Phi) is 6.73. The van der Waals surface area contributed by atoms with Gasteiger partial charge in [-0.1, -0.05) is 29.3 Å². The molecule has 4 N–H and O–H groups in total. The lowest BCUT2D eigenvalue weighted by Gasteiger charge is -2.24. The topological polar surface area (TPSA) is 93.7 Å². The number of hydrogen-bond donors (Lipinski definition) is 3. The Morgan fingerprint density at radius 3 is 2.63 bits per heavy atom. The summed E-state index contributed by atoms with van der Waals surface area (Å²) in [5, 5.41) is 7.32. The highest BCUT2D eigenvalue weighted by molar-refractivity contribution is 6.39. The van der Waals surface area contributed by atoms with Crippen molar-refractivity contribution >= 4 is 46.0 Å². The van der Waals surface area contributed by atoms with Gasteiger partial charge in [-0.05, 0) is 61.7 Å². The number of anilines is 2. The van der Waals surface area contributed by atoms with Gasteiger partial charge in [0.15, 0.2) is 17.3 Å². The van der Waals surface area contributed by atoms with E-state index in [1.807, 2.05) is 4.57 Å². The summed E-state index contributed by atoms with van der Waals surface area (Å²) in [5.74, 6) is -0.486. The molecule has 1 aliphatic heterocycles. The zero-order valence-corrected chi connectivity index (χ0v) is 20.2. The van der Waals surface area contributed by atoms with Crippen molar-refractivity contribution in [1.82, 2.24) is 24.8 Å². The lowest BCUT2D eigenvalue weighted by atomic mass is 9.99. The zero-order valence-electron chi connectivity index (χ0n) is 18.7. The number of fused-ring (bicyclic) bond motifs is 1. The van der Waals surface area contributed by atoms with Crippen molar-refractivity contribution in [2.24, 2.45) is 5.92 Å². The van der Waals surface area contributed by atoms with Gasteiger partial charge >= 0.3 is 0 Å². The molecular formula is C24H23Cl2F2N7. The van der Waals surface area contributed by atoms with Crippen molar-refractivity contribution in [3.8, 4) is 11.4 Å². The standard InChI is InChI=1S/C24H23Cl2F2N7/c25-16-7-15(29)8-17(26)21(16)23-33-20-11-32-24(31-10-13-3-4-18(27)19(28)6-13)34-22(20)35(23)12-14-2-1-5-30-9-14/h3-4,6-8,11,14,30H,1-2,5,9-10,12,29H2,(H,31,32,34). The summed E-state index contributed by atoms with van der Waals surface area (Å²) in [5.41, 5.74) is 8.73. The SMILES string of the molecule is Nc1cc(Cl)c(-c2nc3cnc(NCc4ccc(F)c(F)c4)nc3n2CC2CCCNC2)c(Cl)c1. The fourth-order valence-electron chi connectivity index (χ4n) is 4.34. The quantitative estimate of drug-likeness (QED) is 0.301. The minimum absolute atomic E-state index is 0.228. The third-order valence-corrected chi connectivity index (χ3v) is 6.65. The number of nitrogens with zero attached hydrogens (tertiary/aromatic N) is 4. The summed E-state index contributed by atoms with van der Waals surface area (Å²) >= 11 is 13.1. The van der Waals surface area contributed by atoms with Gasteiger partial charge in [0.1, 0.15) is 11.3 Å². The van der Waals surface area contributed by atoms with Crippen LogP contribution in [-0.2, 0) is 13.1 Å². The summed E-state index contributed by atoms with van der Waals surface area (Å²) in [6.07, 6.45) is 3.78. The molecule has 2 aromatic carbocycles. The zero-order chi connectivity index (χ0) is 24.5. The first-order valence-electron chi connectivity index (χ1n) is 11.3. The monoisotopic (exact) mass is 517 g/mol. The fourth-order valence-corrected chi connectivity index (χ4v) is 5.02. The summed E-state index contributed by atoms with van der Waals surface area (Å²) in [6, 6.07) is 7.04. The number of benzene rings is 2. The number of aromatic nitrogens is 4. The van der Waals surface area contributed by atoms with E-state index in [1.165, 1.54) is 6.07 Å². The number of nitrogens with one attached hydrogen (secondary N) is 2. The number of hydrogen-bond acceptors (Lipinski definition) is 6. The van der Waals surface area contributed by atoms with Crippen LogP contribution in [0, 0.1) is 17.6 Å². The van der Waals surface area contributed by atoms with Crippen molar-refractivity contribution in [2.75, 3.05) is 24.1 Å². The van der Waals surface area contributed by atoms with E-state index in [2.05, 4.69) is 15.6 Å². The highest BCUT2D eigenvalue weighted by Crippen LogP contribution is 2.38. The molecule has 0 radical (unpaired) electrons. The summed E-state index contributed by atoms with van der Waals surface area (Å²) in [4.78, 5) is 13.8. The van der Waals surface area contributed by atoms with Crippen molar-refractivity contribution in [3.63, 3.8) is 0 Å². The highest BCUT2D eigenvalue weighted by Gasteiger charge is 2.23. The highest BCUT2D eigenvalue weighted by atomic mass is 35.5. The second-order valence-electron chi connectivity index (χ2n) is 8.62. The molecule has 182 valence electrons. The summed E-state index contributed by atoms with van der Waals surface area (Å²) < 4.78 is 28.8. The van der Waals surface area contributed by atoms with E-state index in [1.54, 1.807) is 18.3 Å². The lowest BCUT2D eigenvalue weighted by Crippen LogP contribution is -2.32. The van der Waals surface area contributed by atoms with E-state index in [0.717, 1.165) is 38.1 Å². The second kappa shape index (κ2) is 9.93. The third-order valence-electron chi connectivity index (χ3n) is 6.05. The van der Waals surface area contributed by atoms with Gasteiger partial charge in [-0.3, -0.25) is 0 Å². The average Bonchev–Trinajstić information content (AvgIpc) is 3.17. The molecule has 1 saturated heterocycles. The Hall–Kier alpha value is -3.01. The van der Waals surface area contributed by atoms with Crippen molar-refractivity contribution in [2.45, 2.75) is 25.9 Å². The normalized spacial score (nSPS) is 16.1. The molecular weight excluding hydrogens is 495 g/mol. The maximum atomic E-state index is 13.6. The van der Waals surface area contributed by atoms with Crippen LogP contribution in [0.3, 0.4) is 0 Å². The largest absolute Gasteiger partial charge is 0.399 e. The first kappa shape index (κ1) is 23.7. The number of halogens is 4. The van der Waals surface area contributed by atoms with Crippen LogP contribution in [-0.4, -0.2) is 32.6 Å². The molecule has 1 fully saturated rings. The van der Waals surface area contributed by atoms with E-state index < -0.39 is 11.6 Å². The molecule has 0 bridgehead atoms. The van der Waals surface area contributed by atoms with Gasteiger partial charge in [0.25, 0.3) is 0 Å². The Morgan fingerprint density at radius 1 is 1.11 bits per heavy atom. The molecule has 7 nitrogen and oxygen atoms in total. The van der Waals surface area contributed by atoms with Crippen molar-refractivity contribution in [3.05, 3.63) is 63.8 Å². The van der Waals surface area contributed by atoms with Gasteiger partial charge in [-0.25, -0.2) is 18.7 Å². The summed E-state index contributed by atoms with van der Waals surface area (Å²) in [7, 11) is 0. The van der Waals surface area contributed by atoms with E-state index in [0.29, 0.717) is 62.3 Å². The maximum Gasteiger partial charge on any atom is 0.225 e. The average molecular weight is 518 g/mol. The fraction of sp³-hybridized carbons (Fsp3) is 0.292. The number of nitrogen functional groups attached to an aromatic ring is 1. The van der Waals surface area contributed by atoms with E-state index in [9.17, 15) is 8.78 Å². The molecule has 3 heterocycles. The van der Waals surface area contributed by atoms with Crippen molar-refractivity contribution in [1.29, 1.82) is 0 Å². The van der Waals surface area contributed by atoms with Crippen molar-refractivity contribution < 1.29 is 8.78 Å². The molecule has 11 heteroatoms. The smallest absolute Gasteiger partial charge is 0.225 e. The van der Waals surface area contributed by atoms with Crippen LogP contribution in [0.2, 0.25) is 10.0 Å². The van der Waals surface area contributed by atoms with Gasteiger partial charge in [0, 0.05) is 18.8 Å². The number of imidazole rings is 1. The Balaban J connectivity index is 1.54. The minimum Gasteiger partial charge on any atom is -0.399 e. The van der Waals surface area contributed by atoms with Gasteiger partial charge in [-0.15, -0.1) is 0 Å². The first-order valence-corrected chi connectivity index (χ1v) is 12.0. The Morgan fingerprint density at radius 2 is 1.91 bits per heavy atom. The molecule has 35 heavy (non-hydrogen) atoms. The lowest BCUT2D eigenvalue weighted by molar-refractivity contribution is 0.341. The van der Waals surface area contributed by atoms with Gasteiger partial charge < -0.3 is 20.9 Å². The van der Waals surface area contributed by atoms with Crippen LogP contribution >= 0.6 is 23.2 Å². The summed E-state index contributed by atoms with van der Waals surface area (Å²) in [6.45, 7) is 2.78. The number of nitrogens with two attached hydrogens (primary N) is 1. The van der Waals surface area contributed by atoms with Crippen LogP contribution in [0.25, 0.3) is 22.6 Å². The van der Waals surface area contributed by atoms with Crippen LogP contribution in [0.15, 0.2) is 36.5 Å². The molecule has 4 aromatic rings. The molecule has 1 atom stereocenters. The molecule has 5 rings (SSSR count). The molecule has 1 unspecified atom stereocenters. The Labute approximate surface area is 210 Å². The molecule has 0 saturated carbocycles. The second-order valence-corrected chi connectivity index (χ2v) is 9.44. The molecule has 0 aliphatic carbocycles. The van der Waals surface area contributed by atoms with E-state index in [-0.39, 0.29) is 6.54 Å². The number of rotatable bonds is 6. The predicted octanol–water partition coefficient (Wildman–Crippen LogP) is 5.27. The van der Waals surface area contributed by atoms with Crippen LogP contribution in [0.4, 0.5) is 20.4 Å². The predicted molar refractivity (Wildman–Crippen MR) is 134 cm³/mol. The molecule has 0 amide bonds. The molecule has 1 aliphatic rings. The van der Waals surface area contributed by atoms with Gasteiger partial charge in [-0.2, -0.15) is 4.98 Å². The Bertz CT molecular complexity index is 1360. The van der Waals surface area contributed by atoms with Crippen LogP contribution < -0.4 is 16.4 Å².